The van der Waals surface area contributed by atoms with Gasteiger partial charge in [0.2, 0.25) is 0 Å². The van der Waals surface area contributed by atoms with E-state index in [0.717, 1.165) is 18.2 Å². The van der Waals surface area contributed by atoms with Gasteiger partial charge in [0.05, 0.1) is 16.9 Å². The van der Waals surface area contributed by atoms with Gasteiger partial charge in [-0.05, 0) is 43.2 Å². The van der Waals surface area contributed by atoms with Gasteiger partial charge in [-0.3, -0.25) is 4.79 Å². The summed E-state index contributed by atoms with van der Waals surface area (Å²) >= 11 is 0. The number of anilines is 2. The molecule has 1 fully saturated rings. The van der Waals surface area contributed by atoms with E-state index in [-0.39, 0.29) is 41.2 Å². The third kappa shape index (κ3) is 6.14. The number of carbonyl (C=O) groups excluding carboxylic acids is 1. The molecule has 2 aromatic carbocycles. The molecule has 3 heterocycles. The second-order valence-electron chi connectivity index (χ2n) is 8.77. The molecule has 0 aliphatic carbocycles. The first-order valence-corrected chi connectivity index (χ1v) is 13.1. The molecule has 0 radical (unpaired) electrons. The highest BCUT2D eigenvalue weighted by atomic mass is 35.5. The molecular weight excluding hydrogens is 559 g/mol. The summed E-state index contributed by atoms with van der Waals surface area (Å²) in [5, 5.41) is 7.70. The van der Waals surface area contributed by atoms with Crippen LogP contribution in [-0.2, 0) is 10.2 Å². The van der Waals surface area contributed by atoms with Crippen LogP contribution in [0.25, 0.3) is 16.9 Å². The van der Waals surface area contributed by atoms with E-state index in [1.165, 1.54) is 41.2 Å². The van der Waals surface area contributed by atoms with E-state index < -0.39 is 39.1 Å². The van der Waals surface area contributed by atoms with Crippen LogP contribution in [0, 0.1) is 17.5 Å². The largest absolute Gasteiger partial charge is 0.370 e. The Hall–Kier alpha value is -3.72. The van der Waals surface area contributed by atoms with Crippen molar-refractivity contribution in [1.82, 2.24) is 19.1 Å². The number of aromatic nitrogens is 3. The summed E-state index contributed by atoms with van der Waals surface area (Å²) in [5.41, 5.74) is 0.0344. The van der Waals surface area contributed by atoms with Gasteiger partial charge >= 0.3 is 0 Å². The van der Waals surface area contributed by atoms with Gasteiger partial charge in [0, 0.05) is 37.7 Å². The molecule has 0 saturated carbocycles. The van der Waals surface area contributed by atoms with E-state index in [0.29, 0.717) is 31.6 Å². The van der Waals surface area contributed by atoms with Crippen LogP contribution in [0.4, 0.5) is 24.5 Å². The van der Waals surface area contributed by atoms with Crippen molar-refractivity contribution in [1.29, 1.82) is 0 Å². The van der Waals surface area contributed by atoms with E-state index in [2.05, 4.69) is 20.0 Å². The van der Waals surface area contributed by atoms with E-state index in [1.54, 1.807) is 0 Å². The Morgan fingerprint density at radius 2 is 1.77 bits per heavy atom. The van der Waals surface area contributed by atoms with Gasteiger partial charge in [-0.1, -0.05) is 6.07 Å². The number of benzene rings is 2. The number of amides is 1. The quantitative estimate of drug-likeness (QED) is 0.320. The number of imidazole rings is 1. The van der Waals surface area contributed by atoms with E-state index in [9.17, 15) is 26.4 Å². The Kier molecular flexibility index (Phi) is 8.11. The molecule has 39 heavy (non-hydrogen) atoms. The Morgan fingerprint density at radius 3 is 2.44 bits per heavy atom. The van der Waals surface area contributed by atoms with Crippen molar-refractivity contribution >= 4 is 45.5 Å². The van der Waals surface area contributed by atoms with E-state index >= 15 is 0 Å². The summed E-state index contributed by atoms with van der Waals surface area (Å²) in [6.45, 7) is 0.829. The molecule has 0 atom stereocenters. The Balaban J connectivity index is 0.00000353. The van der Waals surface area contributed by atoms with Crippen LogP contribution in [0.5, 0.6) is 0 Å². The lowest BCUT2D eigenvalue weighted by atomic mass is 10.0. The SMILES string of the molecule is Cl.NS(=O)(=O)NC1CCN(c2ccc(F)cc2NC(=O)c2cn3ccnc3c(-c3c(F)cccc3F)n2)CC1. The molecule has 206 valence electrons. The fraction of sp³-hybridized carbons (Fsp3) is 0.208. The Labute approximate surface area is 227 Å². The maximum absolute atomic E-state index is 14.6. The van der Waals surface area contributed by atoms with Crippen molar-refractivity contribution in [2.24, 2.45) is 5.14 Å². The monoisotopic (exact) mass is 581 g/mol. The number of piperidine rings is 1. The smallest absolute Gasteiger partial charge is 0.275 e. The molecule has 1 aliphatic rings. The summed E-state index contributed by atoms with van der Waals surface area (Å²) in [7, 11) is -3.84. The number of nitrogens with two attached hydrogens (primary N) is 1. The zero-order valence-electron chi connectivity index (χ0n) is 20.1. The highest BCUT2D eigenvalue weighted by Crippen LogP contribution is 2.31. The van der Waals surface area contributed by atoms with Crippen molar-refractivity contribution < 1.29 is 26.4 Å². The summed E-state index contributed by atoms with van der Waals surface area (Å²) in [5.74, 6) is -3.07. The number of hydrogen-bond donors (Lipinski definition) is 3. The molecule has 1 saturated heterocycles. The lowest BCUT2D eigenvalue weighted by Crippen LogP contribution is -2.46. The highest BCUT2D eigenvalue weighted by molar-refractivity contribution is 7.87. The first kappa shape index (κ1) is 28.3. The number of rotatable bonds is 6. The highest BCUT2D eigenvalue weighted by Gasteiger charge is 2.25. The van der Waals surface area contributed by atoms with Gasteiger partial charge in [-0.2, -0.15) is 13.1 Å². The molecule has 10 nitrogen and oxygen atoms in total. The summed E-state index contributed by atoms with van der Waals surface area (Å²) in [6.07, 6.45) is 5.14. The summed E-state index contributed by atoms with van der Waals surface area (Å²) in [4.78, 5) is 23.5. The van der Waals surface area contributed by atoms with E-state index in [4.69, 9.17) is 5.14 Å². The molecule has 1 aliphatic heterocycles. The summed E-state index contributed by atoms with van der Waals surface area (Å²) in [6, 6.07) is 6.92. The average molecular weight is 582 g/mol. The zero-order chi connectivity index (χ0) is 27.0. The van der Waals surface area contributed by atoms with Gasteiger partial charge in [-0.25, -0.2) is 28.3 Å². The second-order valence-corrected chi connectivity index (χ2v) is 10.1. The molecule has 0 unspecified atom stereocenters. The van der Waals surface area contributed by atoms with Gasteiger partial charge in [0.1, 0.15) is 28.8 Å². The van der Waals surface area contributed by atoms with Crippen molar-refractivity contribution in [2.75, 3.05) is 23.3 Å². The predicted molar refractivity (Wildman–Crippen MR) is 141 cm³/mol. The molecule has 4 N–H and O–H groups in total. The van der Waals surface area contributed by atoms with Crippen LogP contribution < -0.4 is 20.1 Å². The third-order valence-corrected chi connectivity index (χ3v) is 6.84. The first-order chi connectivity index (χ1) is 18.1. The fourth-order valence-electron chi connectivity index (χ4n) is 4.47. The van der Waals surface area contributed by atoms with Crippen LogP contribution in [0.3, 0.4) is 0 Å². The topological polar surface area (TPSA) is 135 Å². The minimum Gasteiger partial charge on any atom is -0.370 e. The molecule has 15 heteroatoms. The number of hydrogen-bond acceptors (Lipinski definition) is 6. The lowest BCUT2D eigenvalue weighted by Gasteiger charge is -2.34. The molecular formula is C24H23ClF3N7O3S. The van der Waals surface area contributed by atoms with Crippen molar-refractivity contribution in [3.8, 4) is 11.3 Å². The predicted octanol–water partition coefficient (Wildman–Crippen LogP) is 3.25. The number of carbonyl (C=O) groups is 1. The minimum atomic E-state index is -3.84. The summed E-state index contributed by atoms with van der Waals surface area (Å²) < 4.78 is 69.7. The molecule has 0 spiro atoms. The first-order valence-electron chi connectivity index (χ1n) is 11.5. The molecule has 4 aromatic rings. The lowest BCUT2D eigenvalue weighted by molar-refractivity contribution is 0.102. The molecule has 5 rings (SSSR count). The average Bonchev–Trinajstić information content (AvgIpc) is 3.33. The zero-order valence-corrected chi connectivity index (χ0v) is 21.8. The fourth-order valence-corrected chi connectivity index (χ4v) is 5.17. The van der Waals surface area contributed by atoms with Crippen LogP contribution >= 0.6 is 12.4 Å². The van der Waals surface area contributed by atoms with Crippen LogP contribution in [-0.4, -0.2) is 47.8 Å². The number of nitrogens with zero attached hydrogens (tertiary/aromatic N) is 4. The van der Waals surface area contributed by atoms with Crippen LogP contribution in [0.15, 0.2) is 55.0 Å². The van der Waals surface area contributed by atoms with Gasteiger partial charge in [-0.15, -0.1) is 12.4 Å². The molecule has 0 bridgehead atoms. The van der Waals surface area contributed by atoms with Crippen molar-refractivity contribution in [3.05, 3.63) is 78.1 Å². The molecule has 2 aromatic heterocycles. The molecule has 1 amide bonds. The third-order valence-electron chi connectivity index (χ3n) is 6.18. The van der Waals surface area contributed by atoms with Crippen molar-refractivity contribution in [2.45, 2.75) is 18.9 Å². The van der Waals surface area contributed by atoms with Crippen LogP contribution in [0.1, 0.15) is 23.3 Å². The Bertz CT molecular complexity index is 1620. The van der Waals surface area contributed by atoms with E-state index in [1.807, 2.05) is 4.90 Å². The maximum Gasteiger partial charge on any atom is 0.275 e. The maximum atomic E-state index is 14.6. The number of halogens is 4. The van der Waals surface area contributed by atoms with Crippen molar-refractivity contribution in [3.63, 3.8) is 0 Å². The minimum absolute atomic E-state index is 0. The number of fused-ring (bicyclic) bond motifs is 1. The standard InChI is InChI=1S/C24H22F3N7O3S.ClH/c25-14-4-5-20(33-9-6-15(7-10-33)32-38(28,36)37)18(12-14)31-24(35)19-13-34-11-8-29-23(34)22(30-19)21-16(26)2-1-3-17(21)27;/h1-5,8,11-13,15,32H,6-7,9-10H2,(H,31,35)(H2,28,36,37);1H. The van der Waals surface area contributed by atoms with Gasteiger partial charge in [0.15, 0.2) is 5.65 Å². The van der Waals surface area contributed by atoms with Gasteiger partial charge in [0.25, 0.3) is 16.1 Å². The van der Waals surface area contributed by atoms with Gasteiger partial charge < -0.3 is 14.6 Å². The normalized spacial score (nSPS) is 14.3. The Morgan fingerprint density at radius 1 is 1.08 bits per heavy atom. The van der Waals surface area contributed by atoms with Crippen LogP contribution in [0.2, 0.25) is 0 Å². The second kappa shape index (κ2) is 11.2. The number of nitrogens with one attached hydrogen (secondary N) is 2.